The predicted molar refractivity (Wildman–Crippen MR) is 315 cm³/mol. The summed E-state index contributed by atoms with van der Waals surface area (Å²) >= 11 is 0. The van der Waals surface area contributed by atoms with Crippen LogP contribution in [0.25, 0.3) is 0 Å². The number of amides is 3. The second kappa shape index (κ2) is 19.7. The quantitative estimate of drug-likeness (QED) is 0.114. The van der Waals surface area contributed by atoms with E-state index in [1.807, 2.05) is 0 Å². The maximum atomic E-state index is 15.2. The van der Waals surface area contributed by atoms with E-state index in [2.05, 4.69) is 124 Å². The Morgan fingerprint density at radius 1 is 0.526 bits per heavy atom. The van der Waals surface area contributed by atoms with Crippen molar-refractivity contribution in [2.45, 2.75) is 237 Å². The van der Waals surface area contributed by atoms with E-state index >= 15 is 9.59 Å². The molecule has 0 spiro atoms. The lowest BCUT2D eigenvalue weighted by molar-refractivity contribution is -0.240. The van der Waals surface area contributed by atoms with Gasteiger partial charge < -0.3 is 26.0 Å². The Bertz CT molecular complexity index is 2410. The minimum atomic E-state index is -1.09. The molecule has 4 N–H and O–H groups in total. The first-order valence-corrected chi connectivity index (χ1v) is 32.4. The van der Waals surface area contributed by atoms with Crippen LogP contribution in [0.2, 0.25) is 0 Å². The fraction of sp³-hybridized carbons (Fsp3) is 0.884. The maximum Gasteiger partial charge on any atom is 0.330 e. The molecule has 21 atom stereocenters. The Morgan fingerprint density at radius 2 is 1.00 bits per heavy atom. The van der Waals surface area contributed by atoms with Crippen LogP contribution in [0.1, 0.15) is 225 Å². The van der Waals surface area contributed by atoms with E-state index < -0.39 is 34.8 Å². The number of rotatable bonds is 12. The summed E-state index contributed by atoms with van der Waals surface area (Å²) in [5.41, 5.74) is 3.35. The first kappa shape index (κ1) is 58.5. The maximum absolute atomic E-state index is 15.2. The molecule has 10 aliphatic rings. The van der Waals surface area contributed by atoms with Crippen molar-refractivity contribution >= 4 is 23.7 Å². The molecule has 0 aromatic heterocycles. The molecule has 0 aliphatic heterocycles. The van der Waals surface area contributed by atoms with E-state index in [9.17, 15) is 9.59 Å². The minimum absolute atomic E-state index is 0.00848. The topological polar surface area (TPSA) is 126 Å². The standard InChI is InChI=1S/C69H112N4O5/c1-41(2)44-24-33-68(37-35-64(12)46(54(44)68)19-21-52-62(10)29-18-28-60(6,7)50(62)26-31-66(52,64)14)58(76)71-39-48(70-16)56(74)73-49(57(75)78-17)40-72-59(77)69-34-25-45(42(3)4)55(69)47-20-22-53-63(11)30-23-43(5)61(8,9)51(63)27-32-67(53,15)65(47,13)36-38-69/h43-55,70H,1,3,18-40H2,2,4-17H3,(H,71,76)(H,72,77)(H,73,74). The van der Waals surface area contributed by atoms with Crippen LogP contribution in [0, 0.1) is 119 Å². The van der Waals surface area contributed by atoms with E-state index in [0.717, 1.165) is 75.5 Å². The Balaban J connectivity index is 0.820. The van der Waals surface area contributed by atoms with Crippen molar-refractivity contribution in [1.29, 1.82) is 0 Å². The molecule has 9 nitrogen and oxygen atoms in total. The number of likely N-dealkylation sites (N-methyl/N-ethyl adjacent to an activating group) is 1. The van der Waals surface area contributed by atoms with Gasteiger partial charge in [0.1, 0.15) is 12.1 Å². The molecule has 78 heavy (non-hydrogen) atoms. The van der Waals surface area contributed by atoms with Crippen molar-refractivity contribution in [1.82, 2.24) is 21.3 Å². The second-order valence-corrected chi connectivity index (χ2v) is 32.6. The number of methoxy groups -OCH3 is 1. The molecule has 0 aromatic rings. The van der Waals surface area contributed by atoms with Gasteiger partial charge in [-0.15, -0.1) is 0 Å². The third kappa shape index (κ3) is 8.12. The van der Waals surface area contributed by atoms with E-state index in [1.54, 1.807) is 7.05 Å². The highest BCUT2D eigenvalue weighted by molar-refractivity contribution is 5.90. The van der Waals surface area contributed by atoms with Crippen LogP contribution in [0.3, 0.4) is 0 Å². The monoisotopic (exact) mass is 1080 g/mol. The molecule has 10 saturated carbocycles. The molecule has 3 amide bonds. The van der Waals surface area contributed by atoms with Crippen molar-refractivity contribution in [3.63, 3.8) is 0 Å². The van der Waals surface area contributed by atoms with Gasteiger partial charge in [0.05, 0.1) is 17.9 Å². The van der Waals surface area contributed by atoms with Gasteiger partial charge in [-0.05, 0) is 258 Å². The summed E-state index contributed by atoms with van der Waals surface area (Å²) < 4.78 is 5.32. The number of carbonyl (C=O) groups excluding carboxylic acids is 4. The molecule has 10 fully saturated rings. The normalized spacial score (nSPS) is 48.2. The fourth-order valence-electron chi connectivity index (χ4n) is 25.0. The van der Waals surface area contributed by atoms with E-state index in [0.29, 0.717) is 51.2 Å². The second-order valence-electron chi connectivity index (χ2n) is 32.6. The van der Waals surface area contributed by atoms with Crippen molar-refractivity contribution in [3.8, 4) is 0 Å². The van der Waals surface area contributed by atoms with Crippen molar-refractivity contribution < 1.29 is 23.9 Å². The first-order valence-electron chi connectivity index (χ1n) is 32.4. The van der Waals surface area contributed by atoms with E-state index in [-0.39, 0.29) is 64.3 Å². The van der Waals surface area contributed by atoms with Gasteiger partial charge in [0.15, 0.2) is 0 Å². The number of allylic oxidation sites excluding steroid dienone is 2. The van der Waals surface area contributed by atoms with E-state index in [1.165, 1.54) is 95.3 Å². The SMILES string of the molecule is C=C(C)C1CCC2(C(=O)NCC(NC)C(=O)NC(CNC(=O)C34CCC(C(=C)C)C3C3CCC5C6(C)CCC(C)C(C)(C)C6CCC5(C)C3(C)CC4)C(=O)OC)CCC3(C)C(CCC4C5(C)CCCC(C)(C)C5CCC43C)C12. The number of hydrogen-bond donors (Lipinski definition) is 4. The molecule has 0 aromatic carbocycles. The molecule has 0 saturated heterocycles. The zero-order valence-corrected chi connectivity index (χ0v) is 52.2. The van der Waals surface area contributed by atoms with Gasteiger partial charge in [0.25, 0.3) is 0 Å². The molecule has 10 aliphatic carbocycles. The van der Waals surface area contributed by atoms with Crippen LogP contribution in [0.15, 0.2) is 24.3 Å². The van der Waals surface area contributed by atoms with E-state index in [4.69, 9.17) is 4.74 Å². The molecular formula is C69H112N4O5. The Kier molecular flexibility index (Phi) is 14.8. The van der Waals surface area contributed by atoms with Gasteiger partial charge in [-0.25, -0.2) is 4.79 Å². The average Bonchev–Trinajstić information content (AvgIpc) is 4.11. The van der Waals surface area contributed by atoms with Crippen LogP contribution in [0.5, 0.6) is 0 Å². The lowest BCUT2D eigenvalue weighted by Crippen LogP contribution is -2.67. The number of ether oxygens (including phenoxy) is 1. The molecule has 0 bridgehead atoms. The Morgan fingerprint density at radius 3 is 1.47 bits per heavy atom. The van der Waals surface area contributed by atoms with Gasteiger partial charge in [0, 0.05) is 13.1 Å². The lowest BCUT2D eigenvalue weighted by atomic mass is 9.32. The smallest absolute Gasteiger partial charge is 0.330 e. The number of hydrogen-bond acceptors (Lipinski definition) is 6. The minimum Gasteiger partial charge on any atom is -0.467 e. The predicted octanol–water partition coefficient (Wildman–Crippen LogP) is 13.8. The highest BCUT2D eigenvalue weighted by Crippen LogP contribution is 2.80. The first-order chi connectivity index (χ1) is 36.4. The van der Waals surface area contributed by atoms with Crippen LogP contribution in [-0.2, 0) is 23.9 Å². The van der Waals surface area contributed by atoms with Gasteiger partial charge in [-0.1, -0.05) is 107 Å². The van der Waals surface area contributed by atoms with Crippen LogP contribution in [0.4, 0.5) is 0 Å². The zero-order valence-electron chi connectivity index (χ0n) is 52.2. The van der Waals surface area contributed by atoms with Crippen molar-refractivity contribution in [3.05, 3.63) is 24.3 Å². The third-order valence-electron chi connectivity index (χ3n) is 29.7. The Labute approximate surface area is 474 Å². The average molecular weight is 1080 g/mol. The summed E-state index contributed by atoms with van der Waals surface area (Å²) in [6, 6.07) is -1.89. The summed E-state index contributed by atoms with van der Waals surface area (Å²) in [4.78, 5) is 58.5. The third-order valence-corrected chi connectivity index (χ3v) is 29.7. The lowest BCUT2D eigenvalue weighted by Gasteiger charge is -2.73. The van der Waals surface area contributed by atoms with Crippen LogP contribution >= 0.6 is 0 Å². The number of carbonyl (C=O) groups is 4. The van der Waals surface area contributed by atoms with Crippen LogP contribution in [-0.4, -0.2) is 63.0 Å². The summed E-state index contributed by atoms with van der Waals surface area (Å²) in [5.74, 6) is 4.47. The molecule has 9 heteroatoms. The fourth-order valence-corrected chi connectivity index (χ4v) is 25.0. The van der Waals surface area contributed by atoms with Crippen LogP contribution < -0.4 is 21.3 Å². The molecular weight excluding hydrogens is 965 g/mol. The molecule has 0 heterocycles. The largest absolute Gasteiger partial charge is 0.467 e. The Hall–Kier alpha value is -2.68. The van der Waals surface area contributed by atoms with Crippen molar-refractivity contribution in [2.75, 3.05) is 27.2 Å². The van der Waals surface area contributed by atoms with Gasteiger partial charge in [-0.3, -0.25) is 14.4 Å². The number of esters is 1. The number of nitrogens with one attached hydrogen (secondary N) is 4. The van der Waals surface area contributed by atoms with Gasteiger partial charge in [-0.2, -0.15) is 0 Å². The van der Waals surface area contributed by atoms with Gasteiger partial charge in [0.2, 0.25) is 17.7 Å². The summed E-state index contributed by atoms with van der Waals surface area (Å²) in [6.07, 6.45) is 23.9. The summed E-state index contributed by atoms with van der Waals surface area (Å²) in [7, 11) is 3.07. The zero-order chi connectivity index (χ0) is 56.8. The molecule has 0 radical (unpaired) electrons. The van der Waals surface area contributed by atoms with Gasteiger partial charge >= 0.3 is 5.97 Å². The van der Waals surface area contributed by atoms with Crippen molar-refractivity contribution in [2.24, 2.45) is 119 Å². The highest BCUT2D eigenvalue weighted by Gasteiger charge is 2.74. The number of fused-ring (bicyclic) bond motifs is 14. The summed E-state index contributed by atoms with van der Waals surface area (Å²) in [6.45, 7) is 42.3. The highest BCUT2D eigenvalue weighted by atomic mass is 16.5. The molecule has 21 unspecified atom stereocenters. The summed E-state index contributed by atoms with van der Waals surface area (Å²) in [5, 5.41) is 12.8. The molecule has 10 rings (SSSR count). The molecule has 438 valence electrons.